The van der Waals surface area contributed by atoms with Crippen molar-refractivity contribution in [1.82, 2.24) is 0 Å². The van der Waals surface area contributed by atoms with E-state index in [1.165, 1.54) is 18.2 Å². The number of allylic oxidation sites excluding steroid dienone is 6. The molecule has 0 heterocycles. The Balaban J connectivity index is 4.12. The van der Waals surface area contributed by atoms with Crippen LogP contribution in [-0.2, 0) is 9.59 Å². The lowest BCUT2D eigenvalue weighted by atomic mass is 10.1. The maximum atomic E-state index is 12.2. The summed E-state index contributed by atoms with van der Waals surface area (Å²) in [5.74, 6) is -2.37. The van der Waals surface area contributed by atoms with Crippen molar-refractivity contribution in [2.24, 2.45) is 0 Å². The van der Waals surface area contributed by atoms with E-state index in [-0.39, 0.29) is 0 Å². The van der Waals surface area contributed by atoms with Gasteiger partial charge in [0.05, 0.1) is 43.5 Å². The first-order valence-corrected chi connectivity index (χ1v) is 5.17. The molecular formula is C14N6O2. The zero-order valence-corrected chi connectivity index (χ0v) is 10.5. The SMILES string of the molecule is [C-]#[N+]C(C#N)=C1C(=O)C(=C(/C#N)[N+]#[C-])/C(=C(/C#N)[N+]#[C-])C1=O. The molecule has 1 aliphatic rings. The number of nitriles is 3. The van der Waals surface area contributed by atoms with Gasteiger partial charge < -0.3 is 0 Å². The molecule has 22 heavy (non-hydrogen) atoms. The highest BCUT2D eigenvalue weighted by Crippen LogP contribution is 2.35. The molecule has 0 atom stereocenters. The van der Waals surface area contributed by atoms with E-state index in [4.69, 9.17) is 35.5 Å². The molecule has 0 aromatic rings. The highest BCUT2D eigenvalue weighted by atomic mass is 16.2. The Morgan fingerprint density at radius 3 is 1.18 bits per heavy atom. The molecule has 1 saturated carbocycles. The molecular weight excluding hydrogens is 284 g/mol. The minimum absolute atomic E-state index is 0.721. The number of Topliss-reactive ketones (excluding diaryl/α,β-unsaturated/α-hetero) is 2. The van der Waals surface area contributed by atoms with Gasteiger partial charge in [-0.2, -0.15) is 0 Å². The molecule has 0 N–H and O–H groups in total. The number of hydrogen-bond donors (Lipinski definition) is 0. The first-order chi connectivity index (χ1) is 10.5. The van der Waals surface area contributed by atoms with Crippen molar-refractivity contribution < 1.29 is 9.59 Å². The van der Waals surface area contributed by atoms with Crippen LogP contribution >= 0.6 is 0 Å². The van der Waals surface area contributed by atoms with Gasteiger partial charge in [0.1, 0.15) is 0 Å². The second kappa shape index (κ2) is 6.10. The maximum absolute atomic E-state index is 12.2. The summed E-state index contributed by atoms with van der Waals surface area (Å²) in [7, 11) is 0. The summed E-state index contributed by atoms with van der Waals surface area (Å²) in [5, 5.41) is 26.5. The van der Waals surface area contributed by atoms with Crippen molar-refractivity contribution in [3.05, 3.63) is 68.1 Å². The highest BCUT2D eigenvalue weighted by molar-refractivity contribution is 6.43. The third kappa shape index (κ3) is 2.09. The van der Waals surface area contributed by atoms with Gasteiger partial charge in [-0.25, -0.2) is 30.3 Å². The lowest BCUT2D eigenvalue weighted by molar-refractivity contribution is -0.115. The van der Waals surface area contributed by atoms with E-state index in [0.717, 1.165) is 0 Å². The van der Waals surface area contributed by atoms with E-state index >= 15 is 0 Å². The second-order valence-corrected chi connectivity index (χ2v) is 3.50. The third-order valence-electron chi connectivity index (χ3n) is 2.52. The molecule has 8 heteroatoms. The number of ketones is 2. The van der Waals surface area contributed by atoms with Gasteiger partial charge in [-0.1, -0.05) is 0 Å². The summed E-state index contributed by atoms with van der Waals surface area (Å²) in [6, 6.07) is 4.16. The largest absolute Gasteiger partial charge is 0.291 e. The third-order valence-corrected chi connectivity index (χ3v) is 2.52. The monoisotopic (exact) mass is 284 g/mol. The van der Waals surface area contributed by atoms with Gasteiger partial charge in [0.2, 0.25) is 0 Å². The average molecular weight is 284 g/mol. The molecule has 1 rings (SSSR count). The quantitative estimate of drug-likeness (QED) is 0.287. The van der Waals surface area contributed by atoms with Gasteiger partial charge >= 0.3 is 0 Å². The zero-order valence-electron chi connectivity index (χ0n) is 10.5. The molecule has 0 aliphatic heterocycles. The molecule has 0 bridgehead atoms. The fourth-order valence-electron chi connectivity index (χ4n) is 1.66. The van der Waals surface area contributed by atoms with Crippen molar-refractivity contribution in [1.29, 1.82) is 15.8 Å². The fourth-order valence-corrected chi connectivity index (χ4v) is 1.66. The van der Waals surface area contributed by atoms with E-state index in [0.29, 0.717) is 0 Å². The van der Waals surface area contributed by atoms with Crippen LogP contribution in [0.5, 0.6) is 0 Å². The number of hydrogen-bond acceptors (Lipinski definition) is 5. The summed E-state index contributed by atoms with van der Waals surface area (Å²) >= 11 is 0. The van der Waals surface area contributed by atoms with Crippen LogP contribution in [0.3, 0.4) is 0 Å². The van der Waals surface area contributed by atoms with Gasteiger partial charge in [0.25, 0.3) is 17.1 Å². The minimum Gasteiger partial charge on any atom is -0.291 e. The molecule has 0 unspecified atom stereocenters. The second-order valence-electron chi connectivity index (χ2n) is 3.50. The zero-order chi connectivity index (χ0) is 16.9. The molecule has 0 spiro atoms. The Morgan fingerprint density at radius 2 is 0.955 bits per heavy atom. The van der Waals surface area contributed by atoms with E-state index in [1.54, 1.807) is 0 Å². The van der Waals surface area contributed by atoms with Crippen LogP contribution in [0.15, 0.2) is 33.8 Å². The molecule has 0 radical (unpaired) electrons. The lowest BCUT2D eigenvalue weighted by Gasteiger charge is -1.97. The Bertz CT molecular complexity index is 855. The number of nitrogens with zero attached hydrogens (tertiary/aromatic N) is 6. The average Bonchev–Trinajstić information content (AvgIpc) is 2.77. The standard InChI is InChI=1S/C14N6O2/c1-18-7(4-15)10-11(8(5-16)19-2)14(22)12(13(10)21)9(6-17)20-3/b10-7-,11-8+,12-9?. The Labute approximate surface area is 124 Å². The van der Waals surface area contributed by atoms with E-state index in [2.05, 4.69) is 14.5 Å². The topological polar surface area (TPSA) is 119 Å². The van der Waals surface area contributed by atoms with Crippen LogP contribution in [0.4, 0.5) is 0 Å². The summed E-state index contributed by atoms with van der Waals surface area (Å²) in [6.07, 6.45) is 0. The van der Waals surface area contributed by atoms with Crippen LogP contribution in [0.2, 0.25) is 0 Å². The van der Waals surface area contributed by atoms with Crippen molar-refractivity contribution in [3.8, 4) is 18.2 Å². The normalized spacial score (nSPS) is 19.5. The first-order valence-electron chi connectivity index (χ1n) is 5.17. The van der Waals surface area contributed by atoms with Crippen LogP contribution in [0, 0.1) is 53.7 Å². The van der Waals surface area contributed by atoms with Crippen LogP contribution < -0.4 is 0 Å². The van der Waals surface area contributed by atoms with Crippen LogP contribution in [-0.4, -0.2) is 11.6 Å². The molecule has 98 valence electrons. The molecule has 0 amide bonds. The van der Waals surface area contributed by atoms with Gasteiger partial charge in [-0.05, 0) is 0 Å². The summed E-state index contributed by atoms with van der Waals surface area (Å²) < 4.78 is 0. The molecule has 0 saturated heterocycles. The number of carbonyl (C=O) groups is 2. The van der Waals surface area contributed by atoms with Crippen molar-refractivity contribution in [3.63, 3.8) is 0 Å². The molecule has 0 aromatic carbocycles. The molecule has 8 nitrogen and oxygen atoms in total. The predicted octanol–water partition coefficient (Wildman–Crippen LogP) is 1.23. The van der Waals surface area contributed by atoms with E-state index in [9.17, 15) is 9.59 Å². The first kappa shape index (κ1) is 15.6. The summed E-state index contributed by atoms with van der Waals surface area (Å²) in [5.41, 5.74) is -4.69. The van der Waals surface area contributed by atoms with Gasteiger partial charge in [-0.15, -0.1) is 0 Å². The molecule has 1 aliphatic carbocycles. The van der Waals surface area contributed by atoms with Crippen molar-refractivity contribution >= 4 is 11.6 Å². The molecule has 0 aromatic heterocycles. The van der Waals surface area contributed by atoms with Crippen LogP contribution in [0.25, 0.3) is 14.5 Å². The van der Waals surface area contributed by atoms with E-state index in [1.807, 2.05) is 0 Å². The highest BCUT2D eigenvalue weighted by Gasteiger charge is 2.42. The summed E-state index contributed by atoms with van der Waals surface area (Å²) in [6.45, 7) is 20.5. The van der Waals surface area contributed by atoms with Crippen LogP contribution in [0.1, 0.15) is 0 Å². The number of carbonyl (C=O) groups excluding carboxylic acids is 2. The minimum atomic E-state index is -1.18. The maximum Gasteiger partial charge on any atom is 0.276 e. The predicted molar refractivity (Wildman–Crippen MR) is 67.7 cm³/mol. The van der Waals surface area contributed by atoms with Crippen molar-refractivity contribution in [2.45, 2.75) is 0 Å². The Hall–Kier alpha value is -4.50. The van der Waals surface area contributed by atoms with Gasteiger partial charge in [-0.3, -0.25) is 9.59 Å². The van der Waals surface area contributed by atoms with Gasteiger partial charge in [0.15, 0.2) is 11.6 Å². The van der Waals surface area contributed by atoms with Crippen molar-refractivity contribution in [2.75, 3.05) is 0 Å². The Kier molecular flexibility index (Phi) is 4.31. The summed E-state index contributed by atoms with van der Waals surface area (Å²) in [4.78, 5) is 32.7. The fraction of sp³-hybridized carbons (Fsp3) is 0. The number of rotatable bonds is 0. The smallest absolute Gasteiger partial charge is 0.276 e. The Morgan fingerprint density at radius 1 is 0.682 bits per heavy atom. The van der Waals surface area contributed by atoms with E-state index < -0.39 is 45.4 Å². The van der Waals surface area contributed by atoms with Gasteiger partial charge in [0, 0.05) is 11.1 Å². The lowest BCUT2D eigenvalue weighted by Crippen LogP contribution is -2.03. The molecule has 1 fully saturated rings.